The van der Waals surface area contributed by atoms with Crippen molar-refractivity contribution in [3.05, 3.63) is 0 Å². The van der Waals surface area contributed by atoms with Crippen LogP contribution in [0.3, 0.4) is 0 Å². The van der Waals surface area contributed by atoms with Gasteiger partial charge in [0.2, 0.25) is 0 Å². The topological polar surface area (TPSA) is 121 Å². The summed E-state index contributed by atoms with van der Waals surface area (Å²) in [4.78, 5) is 23.2. The van der Waals surface area contributed by atoms with E-state index in [2.05, 4.69) is 8.37 Å². The minimum atomic E-state index is -3.99. The fourth-order valence-corrected chi connectivity index (χ4v) is 4.43. The van der Waals surface area contributed by atoms with Crippen LogP contribution in [-0.4, -0.2) is 40.3 Å². The third-order valence-corrected chi connectivity index (χ3v) is 6.43. The molecule has 0 amide bonds. The first-order valence-corrected chi connectivity index (χ1v) is 13.2. The molecule has 0 aromatic rings. The van der Waals surface area contributed by atoms with Gasteiger partial charge in [-0.05, 0) is 12.8 Å². The first-order valence-electron chi connectivity index (χ1n) is 10.0. The zero-order valence-electron chi connectivity index (χ0n) is 19.0. The summed E-state index contributed by atoms with van der Waals surface area (Å²) < 4.78 is 55.5. The molecular weight excluding hydrogens is 431 g/mol. The van der Waals surface area contributed by atoms with Gasteiger partial charge in [0.15, 0.2) is 0 Å². The van der Waals surface area contributed by atoms with Crippen LogP contribution in [0.15, 0.2) is 0 Å². The summed E-state index contributed by atoms with van der Waals surface area (Å²) in [5.41, 5.74) is 0. The van der Waals surface area contributed by atoms with Crippen LogP contribution in [0.1, 0.15) is 92.3 Å². The fraction of sp³-hybridized carbons (Fsp3) is 0.889. The summed E-state index contributed by atoms with van der Waals surface area (Å²) >= 11 is 0. The number of hydrogen-bond acceptors (Lipinski definition) is 8. The van der Waals surface area contributed by atoms with E-state index in [0.717, 1.165) is 51.4 Å². The molecule has 168 valence electrons. The van der Waals surface area contributed by atoms with Gasteiger partial charge in [-0.1, -0.05) is 65.2 Å². The van der Waals surface area contributed by atoms with E-state index < -0.39 is 45.0 Å². The molecule has 0 bridgehead atoms. The fourth-order valence-electron chi connectivity index (χ4n) is 2.42. The minimum Gasteiger partial charge on any atom is -1.00 e. The monoisotopic (exact) mass is 466 g/mol. The Labute approximate surface area is 199 Å². The van der Waals surface area contributed by atoms with Gasteiger partial charge in [0.25, 0.3) is 0 Å². The van der Waals surface area contributed by atoms with Gasteiger partial charge in [0.1, 0.15) is 0 Å². The normalized spacial score (nSPS) is 11.5. The molecule has 0 aromatic heterocycles. The Morgan fingerprint density at radius 2 is 0.931 bits per heavy atom. The van der Waals surface area contributed by atoms with Crippen molar-refractivity contribution in [2.24, 2.45) is 0 Å². The average molecular weight is 467 g/mol. The molecule has 0 atom stereocenters. The Hall–Kier alpha value is -0.160. The second-order valence-corrected chi connectivity index (χ2v) is 10.1. The summed E-state index contributed by atoms with van der Waals surface area (Å²) in [5.74, 6) is -2.72. The van der Waals surface area contributed by atoms with Gasteiger partial charge in [-0.3, -0.25) is 9.59 Å². The Balaban J connectivity index is -0.00000364. The van der Waals surface area contributed by atoms with Gasteiger partial charge in [-0.25, -0.2) is 0 Å². The summed E-state index contributed by atoms with van der Waals surface area (Å²) in [6.45, 7) is 4.09. The molecule has 0 fully saturated rings. The van der Waals surface area contributed by atoms with Crippen molar-refractivity contribution >= 4 is 32.2 Å². The molecule has 0 saturated carbocycles. The number of rotatable bonds is 17. The zero-order valence-corrected chi connectivity index (χ0v) is 21.6. The summed E-state index contributed by atoms with van der Waals surface area (Å²) in [6.07, 6.45) is 7.08. The summed E-state index contributed by atoms with van der Waals surface area (Å²) in [7, 11) is -7.98. The van der Waals surface area contributed by atoms with Crippen molar-refractivity contribution in [1.82, 2.24) is 0 Å². The van der Waals surface area contributed by atoms with Crippen LogP contribution in [0, 0.1) is 0 Å². The van der Waals surface area contributed by atoms with Gasteiger partial charge in [0.05, 0.1) is 24.3 Å². The smallest absolute Gasteiger partial charge is 1.00 e. The molecular formula is C18H35NaO8S2. The van der Waals surface area contributed by atoms with E-state index in [4.69, 9.17) is 0 Å². The van der Waals surface area contributed by atoms with E-state index in [9.17, 15) is 26.4 Å². The predicted molar refractivity (Wildman–Crippen MR) is 108 cm³/mol. The van der Waals surface area contributed by atoms with Crippen molar-refractivity contribution < 1.29 is 65.8 Å². The molecule has 0 N–H and O–H groups in total. The molecule has 29 heavy (non-hydrogen) atoms. The number of unbranched alkanes of at least 4 members (excludes halogenated alkanes) is 8. The van der Waals surface area contributed by atoms with Gasteiger partial charge < -0.3 is 9.79 Å². The van der Waals surface area contributed by atoms with Gasteiger partial charge in [-0.2, -0.15) is 16.8 Å². The van der Waals surface area contributed by atoms with Crippen LogP contribution in [0.2, 0.25) is 0 Å². The van der Waals surface area contributed by atoms with Gasteiger partial charge in [0, 0.05) is 0 Å². The largest absolute Gasteiger partial charge is 1.00 e. The van der Waals surface area contributed by atoms with Crippen LogP contribution in [0.25, 0.3) is 0 Å². The van der Waals surface area contributed by atoms with Crippen molar-refractivity contribution in [2.45, 2.75) is 90.9 Å². The summed E-state index contributed by atoms with van der Waals surface area (Å²) in [6, 6.07) is 0. The van der Waals surface area contributed by atoms with Gasteiger partial charge in [-0.15, -0.1) is 0 Å². The Kier molecular flexibility index (Phi) is 18.7. The van der Waals surface area contributed by atoms with Crippen molar-refractivity contribution in [3.63, 3.8) is 0 Å². The van der Waals surface area contributed by atoms with E-state index in [1.54, 1.807) is 0 Å². The molecule has 0 aromatic carbocycles. The van der Waals surface area contributed by atoms with E-state index in [-0.39, 0.29) is 42.5 Å². The third kappa shape index (κ3) is 19.5. The first kappa shape index (κ1) is 31.0. The number of carbonyl (C=O) groups excluding carboxylic acids is 2. The second-order valence-electron chi connectivity index (χ2n) is 6.76. The standard InChI is InChI=1S/C18H34O8S2.Na.H/c1-3-5-7-9-11-15-27(21,22)25-17(19)13-14-18(20)26-28(23,24)16-12-10-8-6-4-2;;/h3-16H2,1-2H3;;/q;+1;-1. The van der Waals surface area contributed by atoms with Crippen molar-refractivity contribution in [3.8, 4) is 0 Å². The first-order chi connectivity index (χ1) is 13.1. The maximum absolute atomic E-state index is 11.7. The molecule has 0 saturated heterocycles. The second kappa shape index (κ2) is 17.5. The van der Waals surface area contributed by atoms with Crippen LogP contribution >= 0.6 is 0 Å². The molecule has 0 rings (SSSR count). The van der Waals surface area contributed by atoms with E-state index in [1.165, 1.54) is 0 Å². The molecule has 8 nitrogen and oxygen atoms in total. The zero-order chi connectivity index (χ0) is 21.5. The van der Waals surface area contributed by atoms with Crippen LogP contribution in [-0.2, 0) is 38.2 Å². The van der Waals surface area contributed by atoms with Crippen molar-refractivity contribution in [2.75, 3.05) is 11.5 Å². The molecule has 0 aliphatic carbocycles. The maximum Gasteiger partial charge on any atom is 1.00 e. The van der Waals surface area contributed by atoms with E-state index in [0.29, 0.717) is 12.8 Å². The van der Waals surface area contributed by atoms with Crippen LogP contribution in [0.5, 0.6) is 0 Å². The summed E-state index contributed by atoms with van der Waals surface area (Å²) in [5, 5.41) is 0. The number of hydrogen-bond donors (Lipinski definition) is 0. The SMILES string of the molecule is CCCCCCCS(=O)(=O)OC(=O)CCC(=O)OS(=O)(=O)CCCCCCC.[H-].[Na+]. The Morgan fingerprint density at radius 1 is 0.621 bits per heavy atom. The molecule has 0 unspecified atom stereocenters. The number of carbonyl (C=O) groups is 2. The molecule has 0 aliphatic heterocycles. The molecule has 0 heterocycles. The van der Waals surface area contributed by atoms with Crippen LogP contribution < -0.4 is 29.6 Å². The van der Waals surface area contributed by atoms with E-state index in [1.807, 2.05) is 13.8 Å². The van der Waals surface area contributed by atoms with E-state index >= 15 is 0 Å². The quantitative estimate of drug-likeness (QED) is 0.173. The third-order valence-electron chi connectivity index (χ3n) is 3.97. The molecule has 0 spiro atoms. The van der Waals surface area contributed by atoms with Gasteiger partial charge >= 0.3 is 61.7 Å². The van der Waals surface area contributed by atoms with Crippen molar-refractivity contribution in [1.29, 1.82) is 0 Å². The molecule has 0 aliphatic rings. The van der Waals surface area contributed by atoms with Crippen LogP contribution in [0.4, 0.5) is 0 Å². The Bertz CT molecular complexity index is 608. The Morgan fingerprint density at radius 3 is 1.24 bits per heavy atom. The maximum atomic E-state index is 11.7. The minimum absolute atomic E-state index is 0. The average Bonchev–Trinajstić information content (AvgIpc) is 2.58. The predicted octanol–water partition coefficient (Wildman–Crippen LogP) is 0.570. The molecule has 0 radical (unpaired) electrons. The molecule has 11 heteroatoms.